The third kappa shape index (κ3) is 3.23. The quantitative estimate of drug-likeness (QED) is 0.826. The number of rotatable bonds is 2. The first-order valence-corrected chi connectivity index (χ1v) is 6.35. The predicted octanol–water partition coefficient (Wildman–Crippen LogP) is 3.59. The maximum absolute atomic E-state index is 13.6. The lowest BCUT2D eigenvalue weighted by Gasteiger charge is -2.09. The highest BCUT2D eigenvalue weighted by atomic mass is 79.9. The lowest BCUT2D eigenvalue weighted by molar-refractivity contribution is -0.141. The molecule has 0 unspecified atom stereocenters. The molecule has 2 aromatic rings. The van der Waals surface area contributed by atoms with Gasteiger partial charge in [-0.15, -0.1) is 0 Å². The topological polar surface area (TPSA) is 46.9 Å². The molecular weight excluding hydrogens is 358 g/mol. The van der Waals surface area contributed by atoms with Gasteiger partial charge in [0.1, 0.15) is 5.82 Å². The van der Waals surface area contributed by atoms with Gasteiger partial charge in [-0.3, -0.25) is 9.48 Å². The highest BCUT2D eigenvalue weighted by Gasteiger charge is 2.39. The molecule has 1 N–H and O–H groups in total. The van der Waals surface area contributed by atoms with Crippen molar-refractivity contribution in [2.75, 3.05) is 5.32 Å². The summed E-state index contributed by atoms with van der Waals surface area (Å²) in [5.41, 5.74) is -2.24. The van der Waals surface area contributed by atoms with Crippen LogP contribution in [0.2, 0.25) is 0 Å². The fraction of sp³-hybridized carbons (Fsp3) is 0.167. The predicted molar refractivity (Wildman–Crippen MR) is 70.3 cm³/mol. The maximum atomic E-state index is 13.6. The number of hydrogen-bond acceptors (Lipinski definition) is 2. The lowest BCUT2D eigenvalue weighted by atomic mass is 10.2. The van der Waals surface area contributed by atoms with Crippen LogP contribution in [0.1, 0.15) is 16.1 Å². The molecule has 0 bridgehead atoms. The Morgan fingerprint density at radius 3 is 2.62 bits per heavy atom. The molecule has 21 heavy (non-hydrogen) atoms. The van der Waals surface area contributed by atoms with Crippen molar-refractivity contribution in [1.29, 1.82) is 0 Å². The van der Waals surface area contributed by atoms with E-state index in [4.69, 9.17) is 0 Å². The van der Waals surface area contributed by atoms with Crippen molar-refractivity contribution in [3.63, 3.8) is 0 Å². The summed E-state index contributed by atoms with van der Waals surface area (Å²) >= 11 is 3.01. The molecular formula is C12H8BrF4N3O. The van der Waals surface area contributed by atoms with Gasteiger partial charge < -0.3 is 5.32 Å². The molecule has 0 aliphatic rings. The largest absolute Gasteiger partial charge is 0.435 e. The Bertz CT molecular complexity index is 676. The van der Waals surface area contributed by atoms with Crippen LogP contribution in [-0.4, -0.2) is 15.7 Å². The smallest absolute Gasteiger partial charge is 0.318 e. The zero-order valence-corrected chi connectivity index (χ0v) is 12.1. The number of aryl methyl sites for hydroxylation is 1. The number of nitrogens with one attached hydrogen (secondary N) is 1. The van der Waals surface area contributed by atoms with Crippen LogP contribution < -0.4 is 5.32 Å². The zero-order chi connectivity index (χ0) is 15.8. The van der Waals surface area contributed by atoms with Crippen LogP contribution in [0.15, 0.2) is 28.9 Å². The summed E-state index contributed by atoms with van der Waals surface area (Å²) in [6.07, 6.45) is -3.85. The molecule has 0 saturated carbocycles. The van der Waals surface area contributed by atoms with Crippen molar-refractivity contribution in [2.45, 2.75) is 6.18 Å². The summed E-state index contributed by atoms with van der Waals surface area (Å²) in [6, 6.07) is 3.92. The minimum absolute atomic E-state index is 0.216. The number of para-hydroxylation sites is 1. The molecule has 0 aliphatic carbocycles. The van der Waals surface area contributed by atoms with Crippen molar-refractivity contribution in [3.8, 4) is 0 Å². The Labute approximate surface area is 124 Å². The second-order valence-electron chi connectivity index (χ2n) is 4.11. The highest BCUT2D eigenvalue weighted by molar-refractivity contribution is 9.10. The number of anilines is 1. The summed E-state index contributed by atoms with van der Waals surface area (Å²) in [6.45, 7) is 0. The van der Waals surface area contributed by atoms with Crippen LogP contribution in [0.25, 0.3) is 0 Å². The van der Waals surface area contributed by atoms with E-state index in [0.717, 1.165) is 16.9 Å². The molecule has 112 valence electrons. The van der Waals surface area contributed by atoms with Gasteiger partial charge in [0.05, 0.1) is 11.3 Å². The molecule has 0 radical (unpaired) electrons. The molecule has 0 spiro atoms. The fourth-order valence-corrected chi connectivity index (χ4v) is 2.10. The van der Waals surface area contributed by atoms with Crippen LogP contribution in [0.3, 0.4) is 0 Å². The van der Waals surface area contributed by atoms with E-state index < -0.39 is 29.2 Å². The van der Waals surface area contributed by atoms with Crippen LogP contribution in [-0.2, 0) is 13.2 Å². The first-order chi connectivity index (χ1) is 9.70. The molecule has 0 aliphatic heterocycles. The van der Waals surface area contributed by atoms with Gasteiger partial charge >= 0.3 is 6.18 Å². The Kier molecular flexibility index (Phi) is 4.04. The first kappa shape index (κ1) is 15.5. The van der Waals surface area contributed by atoms with Gasteiger partial charge in [0, 0.05) is 17.7 Å². The highest BCUT2D eigenvalue weighted by Crippen LogP contribution is 2.32. The molecule has 0 saturated heterocycles. The van der Waals surface area contributed by atoms with E-state index in [1.807, 2.05) is 0 Å². The van der Waals surface area contributed by atoms with Gasteiger partial charge in [-0.1, -0.05) is 6.07 Å². The number of halogens is 5. The summed E-state index contributed by atoms with van der Waals surface area (Å²) in [7, 11) is 1.25. The lowest BCUT2D eigenvalue weighted by Crippen LogP contribution is -2.18. The van der Waals surface area contributed by atoms with Crippen LogP contribution in [0.5, 0.6) is 0 Å². The number of carbonyl (C=O) groups excluding carboxylic acids is 1. The van der Waals surface area contributed by atoms with Gasteiger partial charge in [0.2, 0.25) is 0 Å². The summed E-state index contributed by atoms with van der Waals surface area (Å²) in [5, 5.41) is 5.32. The van der Waals surface area contributed by atoms with Crippen molar-refractivity contribution in [1.82, 2.24) is 9.78 Å². The average molecular weight is 366 g/mol. The van der Waals surface area contributed by atoms with E-state index in [2.05, 4.69) is 26.3 Å². The standard InChI is InChI=1S/C12H8BrF4N3O/c1-20-5-6(10(19-20)12(15,16)17)11(21)18-9-7(13)3-2-4-8(9)14/h2-5H,1H3,(H,18,21). The Morgan fingerprint density at radius 2 is 2.05 bits per heavy atom. The zero-order valence-electron chi connectivity index (χ0n) is 10.5. The van der Waals surface area contributed by atoms with Gasteiger partial charge in [0.15, 0.2) is 5.69 Å². The third-order valence-corrected chi connectivity index (χ3v) is 3.20. The SMILES string of the molecule is Cn1cc(C(=O)Nc2c(F)cccc2Br)c(C(F)(F)F)n1. The number of alkyl halides is 3. The van der Waals surface area contributed by atoms with E-state index in [-0.39, 0.29) is 10.2 Å². The second-order valence-corrected chi connectivity index (χ2v) is 4.97. The molecule has 0 fully saturated rings. The van der Waals surface area contributed by atoms with Crippen molar-refractivity contribution in [2.24, 2.45) is 7.05 Å². The Hall–Kier alpha value is -1.90. The third-order valence-electron chi connectivity index (χ3n) is 2.54. The average Bonchev–Trinajstić information content (AvgIpc) is 2.76. The number of benzene rings is 1. The molecule has 4 nitrogen and oxygen atoms in total. The number of hydrogen-bond donors (Lipinski definition) is 1. The molecule has 2 rings (SSSR count). The van der Waals surface area contributed by atoms with Crippen molar-refractivity contribution >= 4 is 27.5 Å². The van der Waals surface area contributed by atoms with Crippen LogP contribution in [0, 0.1) is 5.82 Å². The van der Waals surface area contributed by atoms with E-state index in [1.165, 1.54) is 19.2 Å². The number of carbonyl (C=O) groups is 1. The molecule has 1 amide bonds. The minimum Gasteiger partial charge on any atom is -0.318 e. The first-order valence-electron chi connectivity index (χ1n) is 5.56. The van der Waals surface area contributed by atoms with Crippen molar-refractivity contribution < 1.29 is 22.4 Å². The van der Waals surface area contributed by atoms with E-state index >= 15 is 0 Å². The van der Waals surface area contributed by atoms with Gasteiger partial charge in [-0.2, -0.15) is 18.3 Å². The maximum Gasteiger partial charge on any atom is 0.435 e. The monoisotopic (exact) mass is 365 g/mol. The molecule has 1 heterocycles. The second kappa shape index (κ2) is 5.47. The normalized spacial score (nSPS) is 11.5. The summed E-state index contributed by atoms with van der Waals surface area (Å²) in [5.74, 6) is -1.86. The number of nitrogens with zero attached hydrogens (tertiary/aromatic N) is 2. The summed E-state index contributed by atoms with van der Waals surface area (Å²) < 4.78 is 53.0. The van der Waals surface area contributed by atoms with E-state index in [9.17, 15) is 22.4 Å². The fourth-order valence-electron chi connectivity index (χ4n) is 1.66. The van der Waals surface area contributed by atoms with E-state index in [0.29, 0.717) is 0 Å². The summed E-state index contributed by atoms with van der Waals surface area (Å²) in [4.78, 5) is 11.9. The Balaban J connectivity index is 2.38. The molecule has 9 heteroatoms. The molecule has 1 aromatic heterocycles. The molecule has 0 atom stereocenters. The van der Waals surface area contributed by atoms with Crippen LogP contribution in [0.4, 0.5) is 23.2 Å². The molecule has 1 aromatic carbocycles. The van der Waals surface area contributed by atoms with Gasteiger partial charge in [-0.25, -0.2) is 4.39 Å². The van der Waals surface area contributed by atoms with E-state index in [1.54, 1.807) is 0 Å². The van der Waals surface area contributed by atoms with Gasteiger partial charge in [0.25, 0.3) is 5.91 Å². The van der Waals surface area contributed by atoms with Crippen LogP contribution >= 0.6 is 15.9 Å². The minimum atomic E-state index is -4.78. The number of aromatic nitrogens is 2. The van der Waals surface area contributed by atoms with Crippen molar-refractivity contribution in [3.05, 3.63) is 45.9 Å². The number of amides is 1. The Morgan fingerprint density at radius 1 is 1.38 bits per heavy atom. The van der Waals surface area contributed by atoms with Gasteiger partial charge in [-0.05, 0) is 28.1 Å².